The molecule has 0 aliphatic heterocycles. The van der Waals surface area contributed by atoms with E-state index < -0.39 is 0 Å². The SMILES string of the molecule is CS/C(=N/c1ccc(Cl)cc1)SCc1c(C)cccc1-n1nnn(C)c1=O. The molecule has 0 amide bonds. The van der Waals surface area contributed by atoms with Gasteiger partial charge in [0.2, 0.25) is 0 Å². The van der Waals surface area contributed by atoms with E-state index in [1.54, 1.807) is 30.6 Å². The summed E-state index contributed by atoms with van der Waals surface area (Å²) >= 11 is 9.13. The van der Waals surface area contributed by atoms with Gasteiger partial charge in [-0.05, 0) is 65.1 Å². The molecule has 0 saturated carbocycles. The van der Waals surface area contributed by atoms with Crippen LogP contribution >= 0.6 is 35.1 Å². The number of aromatic nitrogens is 4. The Labute approximate surface area is 170 Å². The Balaban J connectivity index is 1.88. The van der Waals surface area contributed by atoms with Crippen molar-refractivity contribution in [2.75, 3.05) is 6.26 Å². The number of tetrazole rings is 1. The topological polar surface area (TPSA) is 65.1 Å². The first-order valence-corrected chi connectivity index (χ1v) is 10.7. The molecule has 0 aliphatic rings. The normalized spacial score (nSPS) is 11.8. The number of aliphatic imine (C=N–C) groups is 1. The maximum Gasteiger partial charge on any atom is 0.368 e. The first kappa shape index (κ1) is 19.7. The molecule has 0 radical (unpaired) electrons. The summed E-state index contributed by atoms with van der Waals surface area (Å²) in [7, 11) is 1.58. The molecule has 140 valence electrons. The second-order valence-corrected chi connectivity index (χ2v) is 8.17. The van der Waals surface area contributed by atoms with E-state index in [0.717, 1.165) is 26.9 Å². The Morgan fingerprint density at radius 2 is 1.93 bits per heavy atom. The Bertz CT molecular complexity index is 1030. The van der Waals surface area contributed by atoms with Crippen LogP contribution < -0.4 is 5.69 Å². The van der Waals surface area contributed by atoms with Crippen LogP contribution in [0.5, 0.6) is 0 Å². The second-order valence-electron chi connectivity index (χ2n) is 5.72. The Morgan fingerprint density at radius 3 is 2.56 bits per heavy atom. The third kappa shape index (κ3) is 4.63. The van der Waals surface area contributed by atoms with Crippen molar-refractivity contribution < 1.29 is 0 Å². The molecule has 0 bridgehead atoms. The molecule has 0 atom stereocenters. The van der Waals surface area contributed by atoms with Gasteiger partial charge in [0, 0.05) is 17.8 Å². The molecule has 0 aliphatic carbocycles. The van der Waals surface area contributed by atoms with E-state index in [-0.39, 0.29) is 5.69 Å². The lowest BCUT2D eigenvalue weighted by Gasteiger charge is -2.11. The molecular weight excluding hydrogens is 402 g/mol. The van der Waals surface area contributed by atoms with Crippen LogP contribution in [0.1, 0.15) is 11.1 Å². The predicted octanol–water partition coefficient (Wildman–Crippen LogP) is 4.21. The van der Waals surface area contributed by atoms with E-state index in [9.17, 15) is 4.79 Å². The van der Waals surface area contributed by atoms with Crippen molar-refractivity contribution in [3.63, 3.8) is 0 Å². The fraction of sp³-hybridized carbons (Fsp3) is 0.222. The number of rotatable bonds is 4. The van der Waals surface area contributed by atoms with Crippen LogP contribution in [-0.4, -0.2) is 30.4 Å². The first-order chi connectivity index (χ1) is 13.0. The van der Waals surface area contributed by atoms with E-state index in [1.165, 1.54) is 9.36 Å². The number of aryl methyl sites for hydroxylation is 2. The zero-order valence-electron chi connectivity index (χ0n) is 15.1. The minimum atomic E-state index is -0.272. The molecule has 9 heteroatoms. The van der Waals surface area contributed by atoms with Gasteiger partial charge in [-0.2, -0.15) is 9.36 Å². The molecule has 3 rings (SSSR count). The monoisotopic (exact) mass is 419 g/mol. The molecule has 0 unspecified atom stereocenters. The molecule has 0 spiro atoms. The summed E-state index contributed by atoms with van der Waals surface area (Å²) in [4.78, 5) is 16.9. The van der Waals surface area contributed by atoms with Crippen molar-refractivity contribution >= 4 is 45.2 Å². The average Bonchev–Trinajstić information content (AvgIpc) is 3.00. The van der Waals surface area contributed by atoms with Crippen molar-refractivity contribution in [3.05, 3.63) is 69.1 Å². The van der Waals surface area contributed by atoms with Crippen molar-refractivity contribution in [2.45, 2.75) is 12.7 Å². The molecule has 2 aromatic carbocycles. The highest BCUT2D eigenvalue weighted by molar-refractivity contribution is 8.38. The second kappa shape index (κ2) is 8.77. The van der Waals surface area contributed by atoms with Gasteiger partial charge in [0.15, 0.2) is 0 Å². The summed E-state index contributed by atoms with van der Waals surface area (Å²) < 4.78 is 3.48. The lowest BCUT2D eigenvalue weighted by Crippen LogP contribution is -2.23. The van der Waals surface area contributed by atoms with E-state index in [2.05, 4.69) is 15.4 Å². The molecule has 1 aromatic heterocycles. The van der Waals surface area contributed by atoms with E-state index in [4.69, 9.17) is 11.6 Å². The van der Waals surface area contributed by atoms with Crippen LogP contribution in [-0.2, 0) is 12.8 Å². The Morgan fingerprint density at radius 1 is 1.19 bits per heavy atom. The summed E-state index contributed by atoms with van der Waals surface area (Å²) in [6, 6.07) is 13.2. The molecular formula is C18H18ClN5OS2. The van der Waals surface area contributed by atoms with Crippen LogP contribution in [0.3, 0.4) is 0 Å². The molecule has 3 aromatic rings. The standard InChI is InChI=1S/C18H18ClN5OS2/c1-12-5-4-6-16(24-18(25)23(2)21-22-24)15(12)11-27-17(26-3)20-14-9-7-13(19)8-10-14/h4-10H,11H2,1-3H3/b20-17-. The van der Waals surface area contributed by atoms with Gasteiger partial charge in [-0.3, -0.25) is 0 Å². The Hall–Kier alpha value is -2.03. The highest BCUT2D eigenvalue weighted by Crippen LogP contribution is 2.28. The largest absolute Gasteiger partial charge is 0.368 e. The Kier molecular flexibility index (Phi) is 6.41. The molecule has 6 nitrogen and oxygen atoms in total. The number of nitrogens with zero attached hydrogens (tertiary/aromatic N) is 5. The van der Waals surface area contributed by atoms with Crippen LogP contribution in [0.15, 0.2) is 52.3 Å². The van der Waals surface area contributed by atoms with Crippen LogP contribution in [0.4, 0.5) is 5.69 Å². The average molecular weight is 420 g/mol. The predicted molar refractivity (Wildman–Crippen MR) is 115 cm³/mol. The quantitative estimate of drug-likeness (QED) is 0.468. The third-order valence-corrected chi connectivity index (χ3v) is 6.21. The smallest absolute Gasteiger partial charge is 0.244 e. The highest BCUT2D eigenvalue weighted by Gasteiger charge is 2.14. The van der Waals surface area contributed by atoms with Gasteiger partial charge in [0.25, 0.3) is 0 Å². The summed E-state index contributed by atoms with van der Waals surface area (Å²) in [6.07, 6.45) is 1.99. The van der Waals surface area contributed by atoms with E-state index in [0.29, 0.717) is 10.8 Å². The maximum atomic E-state index is 12.3. The zero-order valence-corrected chi connectivity index (χ0v) is 17.5. The number of benzene rings is 2. The first-order valence-electron chi connectivity index (χ1n) is 8.08. The lowest BCUT2D eigenvalue weighted by atomic mass is 10.1. The third-order valence-electron chi connectivity index (χ3n) is 3.90. The van der Waals surface area contributed by atoms with Gasteiger partial charge < -0.3 is 0 Å². The van der Waals surface area contributed by atoms with Crippen LogP contribution in [0.25, 0.3) is 5.69 Å². The maximum absolute atomic E-state index is 12.3. The number of hydrogen-bond acceptors (Lipinski definition) is 6. The van der Waals surface area contributed by atoms with Gasteiger partial charge in [-0.15, -0.1) is 11.8 Å². The van der Waals surface area contributed by atoms with Gasteiger partial charge in [0.05, 0.1) is 11.4 Å². The van der Waals surface area contributed by atoms with Crippen LogP contribution in [0, 0.1) is 6.92 Å². The summed E-state index contributed by atoms with van der Waals surface area (Å²) in [6.45, 7) is 2.02. The molecule has 27 heavy (non-hydrogen) atoms. The summed E-state index contributed by atoms with van der Waals surface area (Å²) in [5.41, 5.74) is 3.44. The molecule has 1 heterocycles. The summed E-state index contributed by atoms with van der Waals surface area (Å²) in [5.74, 6) is 0.665. The lowest BCUT2D eigenvalue weighted by molar-refractivity contribution is 0.692. The van der Waals surface area contributed by atoms with Crippen molar-refractivity contribution in [1.29, 1.82) is 0 Å². The van der Waals surface area contributed by atoms with Crippen molar-refractivity contribution in [1.82, 2.24) is 19.8 Å². The number of halogens is 1. The van der Waals surface area contributed by atoms with E-state index >= 15 is 0 Å². The fourth-order valence-corrected chi connectivity index (χ4v) is 4.21. The highest BCUT2D eigenvalue weighted by atomic mass is 35.5. The zero-order chi connectivity index (χ0) is 19.4. The van der Waals surface area contributed by atoms with E-state index in [1.807, 2.05) is 55.6 Å². The molecule has 0 fully saturated rings. The number of hydrogen-bond donors (Lipinski definition) is 0. The molecule has 0 saturated heterocycles. The van der Waals surface area contributed by atoms with Crippen LogP contribution in [0.2, 0.25) is 5.02 Å². The minimum absolute atomic E-state index is 0.272. The van der Waals surface area contributed by atoms with Gasteiger partial charge in [-0.1, -0.05) is 35.5 Å². The van der Waals surface area contributed by atoms with Gasteiger partial charge in [0.1, 0.15) is 4.38 Å². The van der Waals surface area contributed by atoms with Gasteiger partial charge >= 0.3 is 5.69 Å². The number of thioether (sulfide) groups is 2. The van der Waals surface area contributed by atoms with Crippen molar-refractivity contribution in [3.8, 4) is 5.69 Å². The van der Waals surface area contributed by atoms with Gasteiger partial charge in [-0.25, -0.2) is 9.79 Å². The molecule has 0 N–H and O–H groups in total. The summed E-state index contributed by atoms with van der Waals surface area (Å²) in [5, 5.41) is 8.47. The fourth-order valence-electron chi connectivity index (χ4n) is 2.43. The minimum Gasteiger partial charge on any atom is -0.244 e. The van der Waals surface area contributed by atoms with Crippen molar-refractivity contribution in [2.24, 2.45) is 12.0 Å².